The minimum atomic E-state index is -0.415. The van der Waals surface area contributed by atoms with E-state index in [1.165, 1.54) is 18.2 Å². The number of amides is 2. The minimum Gasteiger partial charge on any atom is -0.347 e. The standard InChI is InChI=1S/C14H18FN3O2.ClH/c15-11-2-1-3-12(8-11)18-13(19)9-17-14(20)10-4-6-16-7-5-10;/h1-3,8,10,16H,4-7,9H2,(H,17,20)(H,18,19);1H. The summed E-state index contributed by atoms with van der Waals surface area (Å²) in [4.78, 5) is 23.5. The number of nitrogens with one attached hydrogen (secondary N) is 3. The van der Waals surface area contributed by atoms with E-state index in [-0.39, 0.29) is 36.7 Å². The highest BCUT2D eigenvalue weighted by atomic mass is 35.5. The first-order valence-corrected chi connectivity index (χ1v) is 6.69. The SMILES string of the molecule is Cl.O=C(CNC(=O)C1CCNCC1)Nc1cccc(F)c1. The summed E-state index contributed by atoms with van der Waals surface area (Å²) in [6, 6.07) is 5.63. The maximum atomic E-state index is 12.9. The van der Waals surface area contributed by atoms with Crippen LogP contribution < -0.4 is 16.0 Å². The molecule has 0 aliphatic carbocycles. The van der Waals surface area contributed by atoms with Crippen LogP contribution in [-0.4, -0.2) is 31.4 Å². The molecule has 0 unspecified atom stereocenters. The van der Waals surface area contributed by atoms with Crippen LogP contribution in [0.3, 0.4) is 0 Å². The molecule has 2 rings (SSSR count). The van der Waals surface area contributed by atoms with Crippen LogP contribution >= 0.6 is 12.4 Å². The van der Waals surface area contributed by atoms with Gasteiger partial charge in [-0.05, 0) is 44.1 Å². The van der Waals surface area contributed by atoms with E-state index in [0.29, 0.717) is 5.69 Å². The molecule has 1 aliphatic heterocycles. The molecule has 1 heterocycles. The Hall–Kier alpha value is -1.66. The van der Waals surface area contributed by atoms with Gasteiger partial charge in [0.1, 0.15) is 5.82 Å². The molecule has 1 aromatic carbocycles. The van der Waals surface area contributed by atoms with Gasteiger partial charge in [-0.25, -0.2) is 4.39 Å². The molecule has 0 atom stereocenters. The van der Waals surface area contributed by atoms with Gasteiger partial charge in [-0.2, -0.15) is 0 Å². The van der Waals surface area contributed by atoms with Crippen molar-refractivity contribution in [3.05, 3.63) is 30.1 Å². The second-order valence-electron chi connectivity index (χ2n) is 4.80. The Labute approximate surface area is 129 Å². The lowest BCUT2D eigenvalue weighted by Crippen LogP contribution is -2.41. The number of carbonyl (C=O) groups is 2. The Bertz CT molecular complexity index is 493. The van der Waals surface area contributed by atoms with E-state index in [0.717, 1.165) is 25.9 Å². The predicted molar refractivity (Wildman–Crippen MR) is 80.9 cm³/mol. The summed E-state index contributed by atoms with van der Waals surface area (Å²) in [7, 11) is 0. The largest absolute Gasteiger partial charge is 0.347 e. The first-order chi connectivity index (χ1) is 9.65. The van der Waals surface area contributed by atoms with Gasteiger partial charge >= 0.3 is 0 Å². The van der Waals surface area contributed by atoms with Crippen molar-refractivity contribution in [2.75, 3.05) is 25.0 Å². The average Bonchev–Trinajstić information content (AvgIpc) is 2.46. The van der Waals surface area contributed by atoms with Crippen molar-refractivity contribution in [2.24, 2.45) is 5.92 Å². The van der Waals surface area contributed by atoms with Gasteiger partial charge in [-0.1, -0.05) is 6.07 Å². The van der Waals surface area contributed by atoms with Gasteiger partial charge in [0.15, 0.2) is 0 Å². The highest BCUT2D eigenvalue weighted by molar-refractivity contribution is 5.94. The maximum Gasteiger partial charge on any atom is 0.243 e. The molecule has 0 saturated carbocycles. The number of anilines is 1. The van der Waals surface area contributed by atoms with Crippen molar-refractivity contribution in [2.45, 2.75) is 12.8 Å². The zero-order valence-electron chi connectivity index (χ0n) is 11.5. The molecule has 116 valence electrons. The second-order valence-corrected chi connectivity index (χ2v) is 4.80. The van der Waals surface area contributed by atoms with E-state index in [1.54, 1.807) is 6.07 Å². The van der Waals surface area contributed by atoms with Gasteiger partial charge in [0, 0.05) is 11.6 Å². The van der Waals surface area contributed by atoms with Crippen molar-refractivity contribution in [1.29, 1.82) is 0 Å². The van der Waals surface area contributed by atoms with Crippen molar-refractivity contribution < 1.29 is 14.0 Å². The average molecular weight is 316 g/mol. The Balaban J connectivity index is 0.00000220. The fourth-order valence-corrected chi connectivity index (χ4v) is 2.17. The zero-order valence-corrected chi connectivity index (χ0v) is 12.3. The van der Waals surface area contributed by atoms with Gasteiger partial charge in [0.05, 0.1) is 6.54 Å². The maximum absolute atomic E-state index is 12.9. The monoisotopic (exact) mass is 315 g/mol. The summed E-state index contributed by atoms with van der Waals surface area (Å²) < 4.78 is 12.9. The Kier molecular flexibility index (Phi) is 7.11. The molecular formula is C14H19ClFN3O2. The molecule has 2 amide bonds. The number of hydrogen-bond donors (Lipinski definition) is 3. The highest BCUT2D eigenvalue weighted by Gasteiger charge is 2.20. The molecule has 1 saturated heterocycles. The molecule has 0 radical (unpaired) electrons. The summed E-state index contributed by atoms with van der Waals surface area (Å²) in [6.45, 7) is 1.56. The molecule has 1 aliphatic rings. The van der Waals surface area contributed by atoms with Crippen LogP contribution in [0.2, 0.25) is 0 Å². The fourth-order valence-electron chi connectivity index (χ4n) is 2.17. The second kappa shape index (κ2) is 8.59. The zero-order chi connectivity index (χ0) is 14.4. The van der Waals surface area contributed by atoms with Crippen LogP contribution in [0.25, 0.3) is 0 Å². The normalized spacial score (nSPS) is 14.9. The van der Waals surface area contributed by atoms with E-state index in [2.05, 4.69) is 16.0 Å². The summed E-state index contributed by atoms with van der Waals surface area (Å²) in [5, 5.41) is 8.33. The number of rotatable bonds is 4. The Morgan fingerprint density at radius 1 is 1.29 bits per heavy atom. The van der Waals surface area contributed by atoms with Crippen LogP contribution in [-0.2, 0) is 9.59 Å². The van der Waals surface area contributed by atoms with Gasteiger partial charge in [0.2, 0.25) is 11.8 Å². The molecule has 1 fully saturated rings. The van der Waals surface area contributed by atoms with Crippen LogP contribution in [0.5, 0.6) is 0 Å². The van der Waals surface area contributed by atoms with E-state index in [1.807, 2.05) is 0 Å². The topological polar surface area (TPSA) is 70.2 Å². The third-order valence-corrected chi connectivity index (χ3v) is 3.24. The predicted octanol–water partition coefficient (Wildman–Crippen LogP) is 1.30. The summed E-state index contributed by atoms with van der Waals surface area (Å²) >= 11 is 0. The summed E-state index contributed by atoms with van der Waals surface area (Å²) in [5.74, 6) is -0.904. The molecule has 0 bridgehead atoms. The van der Waals surface area contributed by atoms with Crippen molar-refractivity contribution in [3.63, 3.8) is 0 Å². The van der Waals surface area contributed by atoms with E-state index in [9.17, 15) is 14.0 Å². The molecule has 3 N–H and O–H groups in total. The van der Waals surface area contributed by atoms with Crippen molar-refractivity contribution >= 4 is 29.9 Å². The van der Waals surface area contributed by atoms with Gasteiger partial charge in [-0.15, -0.1) is 12.4 Å². The van der Waals surface area contributed by atoms with E-state index in [4.69, 9.17) is 0 Å². The van der Waals surface area contributed by atoms with E-state index >= 15 is 0 Å². The summed E-state index contributed by atoms with van der Waals surface area (Å²) in [6.07, 6.45) is 1.58. The van der Waals surface area contributed by atoms with Gasteiger partial charge in [-0.3, -0.25) is 9.59 Å². The molecular weight excluding hydrogens is 297 g/mol. The summed E-state index contributed by atoms with van der Waals surface area (Å²) in [5.41, 5.74) is 0.381. The smallest absolute Gasteiger partial charge is 0.243 e. The lowest BCUT2D eigenvalue weighted by atomic mass is 9.97. The third kappa shape index (κ3) is 5.69. The first-order valence-electron chi connectivity index (χ1n) is 6.69. The number of benzene rings is 1. The number of halogens is 2. The molecule has 7 heteroatoms. The quantitative estimate of drug-likeness (QED) is 0.784. The van der Waals surface area contributed by atoms with Crippen LogP contribution in [0.4, 0.5) is 10.1 Å². The van der Waals surface area contributed by atoms with Gasteiger partial charge in [0.25, 0.3) is 0 Å². The molecule has 5 nitrogen and oxygen atoms in total. The van der Waals surface area contributed by atoms with Crippen LogP contribution in [0.15, 0.2) is 24.3 Å². The Morgan fingerprint density at radius 3 is 2.67 bits per heavy atom. The Morgan fingerprint density at radius 2 is 2.00 bits per heavy atom. The van der Waals surface area contributed by atoms with Gasteiger partial charge < -0.3 is 16.0 Å². The first kappa shape index (κ1) is 17.4. The van der Waals surface area contributed by atoms with Crippen molar-refractivity contribution in [3.8, 4) is 0 Å². The minimum absolute atomic E-state index is 0. The van der Waals surface area contributed by atoms with Crippen LogP contribution in [0.1, 0.15) is 12.8 Å². The lowest BCUT2D eigenvalue weighted by molar-refractivity contribution is -0.127. The van der Waals surface area contributed by atoms with E-state index < -0.39 is 5.82 Å². The third-order valence-electron chi connectivity index (χ3n) is 3.24. The molecule has 0 aromatic heterocycles. The molecule has 21 heavy (non-hydrogen) atoms. The molecule has 1 aromatic rings. The lowest BCUT2D eigenvalue weighted by Gasteiger charge is -2.21. The van der Waals surface area contributed by atoms with Crippen LogP contribution in [0, 0.1) is 11.7 Å². The van der Waals surface area contributed by atoms with Crippen molar-refractivity contribution in [1.82, 2.24) is 10.6 Å². The number of piperidine rings is 1. The fraction of sp³-hybridized carbons (Fsp3) is 0.429. The number of carbonyl (C=O) groups excluding carboxylic acids is 2. The highest BCUT2D eigenvalue weighted by Crippen LogP contribution is 2.11. The number of hydrogen-bond acceptors (Lipinski definition) is 3. The molecule has 0 spiro atoms.